The Labute approximate surface area is 108 Å². The monoisotopic (exact) mass is 251 g/mol. The maximum Gasteiger partial charge on any atom is 0.123 e. The SMILES string of the molecule is CCC[C@H]1CCC[C@H](C(O)c2cccc(F)c2)N1. The fourth-order valence-corrected chi connectivity index (χ4v) is 2.80. The fourth-order valence-electron chi connectivity index (χ4n) is 2.80. The van der Waals surface area contributed by atoms with Crippen molar-refractivity contribution in [3.8, 4) is 0 Å². The number of aliphatic hydroxyl groups is 1. The van der Waals surface area contributed by atoms with E-state index in [0.717, 1.165) is 25.7 Å². The molecule has 1 aliphatic rings. The maximum absolute atomic E-state index is 13.2. The second-order valence-corrected chi connectivity index (χ2v) is 5.19. The highest BCUT2D eigenvalue weighted by molar-refractivity contribution is 5.20. The molecule has 1 aromatic carbocycles. The molecule has 1 fully saturated rings. The molecule has 0 spiro atoms. The molecule has 0 saturated carbocycles. The summed E-state index contributed by atoms with van der Waals surface area (Å²) in [6.45, 7) is 2.17. The standard InChI is InChI=1S/C15H22FNO/c1-2-5-13-8-4-9-14(17-13)15(18)11-6-3-7-12(16)10-11/h3,6-7,10,13-15,17-18H,2,4-5,8-9H2,1H3/t13-,14+,15?/m0/s1. The Balaban J connectivity index is 2.02. The number of aliphatic hydroxyl groups excluding tert-OH is 1. The third-order valence-electron chi connectivity index (χ3n) is 3.73. The molecule has 1 saturated heterocycles. The number of nitrogens with one attached hydrogen (secondary N) is 1. The quantitative estimate of drug-likeness (QED) is 0.861. The summed E-state index contributed by atoms with van der Waals surface area (Å²) in [5, 5.41) is 13.8. The Kier molecular flexibility index (Phi) is 4.72. The van der Waals surface area contributed by atoms with E-state index in [9.17, 15) is 9.50 Å². The van der Waals surface area contributed by atoms with Crippen molar-refractivity contribution < 1.29 is 9.50 Å². The minimum absolute atomic E-state index is 0.0529. The van der Waals surface area contributed by atoms with Crippen molar-refractivity contribution in [3.63, 3.8) is 0 Å². The largest absolute Gasteiger partial charge is 0.387 e. The Morgan fingerprint density at radius 2 is 2.28 bits per heavy atom. The van der Waals surface area contributed by atoms with Crippen LogP contribution in [-0.2, 0) is 0 Å². The van der Waals surface area contributed by atoms with E-state index in [1.165, 1.54) is 18.6 Å². The molecule has 1 aliphatic heterocycles. The molecule has 0 aliphatic carbocycles. The van der Waals surface area contributed by atoms with Gasteiger partial charge in [-0.1, -0.05) is 31.9 Å². The lowest BCUT2D eigenvalue weighted by Gasteiger charge is -2.34. The van der Waals surface area contributed by atoms with Gasteiger partial charge >= 0.3 is 0 Å². The van der Waals surface area contributed by atoms with E-state index in [1.54, 1.807) is 12.1 Å². The smallest absolute Gasteiger partial charge is 0.123 e. The third kappa shape index (κ3) is 3.30. The predicted molar refractivity (Wildman–Crippen MR) is 70.8 cm³/mol. The van der Waals surface area contributed by atoms with Crippen LogP contribution < -0.4 is 5.32 Å². The summed E-state index contributed by atoms with van der Waals surface area (Å²) >= 11 is 0. The summed E-state index contributed by atoms with van der Waals surface area (Å²) in [5.74, 6) is -0.285. The molecule has 1 heterocycles. The molecule has 3 heteroatoms. The van der Waals surface area contributed by atoms with Gasteiger partial charge in [-0.25, -0.2) is 4.39 Å². The topological polar surface area (TPSA) is 32.3 Å². The van der Waals surface area contributed by atoms with Gasteiger partial charge in [-0.15, -0.1) is 0 Å². The van der Waals surface area contributed by atoms with Gasteiger partial charge in [0.2, 0.25) is 0 Å². The van der Waals surface area contributed by atoms with Gasteiger partial charge in [-0.05, 0) is 37.0 Å². The first-order chi connectivity index (χ1) is 8.70. The van der Waals surface area contributed by atoms with E-state index >= 15 is 0 Å². The Bertz CT molecular complexity index is 381. The van der Waals surface area contributed by atoms with Crippen molar-refractivity contribution >= 4 is 0 Å². The molecule has 2 rings (SSSR count). The minimum atomic E-state index is -0.611. The van der Waals surface area contributed by atoms with E-state index in [0.29, 0.717) is 11.6 Å². The summed E-state index contributed by atoms with van der Waals surface area (Å²) < 4.78 is 13.2. The highest BCUT2D eigenvalue weighted by Gasteiger charge is 2.27. The molecule has 18 heavy (non-hydrogen) atoms. The van der Waals surface area contributed by atoms with Crippen LogP contribution in [0.25, 0.3) is 0 Å². The molecular weight excluding hydrogens is 229 g/mol. The summed E-state index contributed by atoms with van der Waals surface area (Å²) in [6, 6.07) is 6.83. The zero-order valence-corrected chi connectivity index (χ0v) is 10.9. The lowest BCUT2D eigenvalue weighted by atomic mass is 9.90. The van der Waals surface area contributed by atoms with Crippen LogP contribution in [0.1, 0.15) is 50.7 Å². The van der Waals surface area contributed by atoms with Crippen molar-refractivity contribution in [1.82, 2.24) is 5.32 Å². The molecule has 0 radical (unpaired) electrons. The van der Waals surface area contributed by atoms with E-state index in [4.69, 9.17) is 0 Å². The predicted octanol–water partition coefficient (Wildman–Crippen LogP) is 3.17. The van der Waals surface area contributed by atoms with Gasteiger partial charge in [0.25, 0.3) is 0 Å². The number of halogens is 1. The van der Waals surface area contributed by atoms with Gasteiger partial charge in [-0.3, -0.25) is 0 Å². The first-order valence-electron chi connectivity index (χ1n) is 6.90. The zero-order valence-electron chi connectivity index (χ0n) is 10.9. The molecule has 1 aromatic rings. The van der Waals surface area contributed by atoms with E-state index in [-0.39, 0.29) is 11.9 Å². The van der Waals surface area contributed by atoms with Gasteiger partial charge in [-0.2, -0.15) is 0 Å². The second-order valence-electron chi connectivity index (χ2n) is 5.19. The second kappa shape index (κ2) is 6.30. The van der Waals surface area contributed by atoms with E-state index in [1.807, 2.05) is 0 Å². The molecule has 2 N–H and O–H groups in total. The van der Waals surface area contributed by atoms with Crippen molar-refractivity contribution in [1.29, 1.82) is 0 Å². The average Bonchev–Trinajstić information content (AvgIpc) is 2.39. The molecule has 3 atom stereocenters. The lowest BCUT2D eigenvalue weighted by Crippen LogP contribution is -2.45. The molecule has 2 nitrogen and oxygen atoms in total. The first kappa shape index (κ1) is 13.5. The molecule has 0 bridgehead atoms. The minimum Gasteiger partial charge on any atom is -0.387 e. The van der Waals surface area contributed by atoms with Crippen molar-refractivity contribution in [3.05, 3.63) is 35.6 Å². The Hall–Kier alpha value is -0.930. The van der Waals surface area contributed by atoms with Crippen LogP contribution in [0.5, 0.6) is 0 Å². The summed E-state index contributed by atoms with van der Waals surface area (Å²) in [4.78, 5) is 0. The van der Waals surface area contributed by atoms with Crippen LogP contribution in [0.3, 0.4) is 0 Å². The lowest BCUT2D eigenvalue weighted by molar-refractivity contribution is 0.0995. The van der Waals surface area contributed by atoms with Crippen molar-refractivity contribution in [2.45, 2.75) is 57.2 Å². The van der Waals surface area contributed by atoms with E-state index in [2.05, 4.69) is 12.2 Å². The van der Waals surface area contributed by atoms with Crippen molar-refractivity contribution in [2.24, 2.45) is 0 Å². The molecule has 100 valence electrons. The number of benzene rings is 1. The normalized spacial score (nSPS) is 25.9. The number of rotatable bonds is 4. The van der Waals surface area contributed by atoms with Crippen LogP contribution in [0.2, 0.25) is 0 Å². The molecule has 0 amide bonds. The van der Waals surface area contributed by atoms with Gasteiger partial charge in [0, 0.05) is 12.1 Å². The fraction of sp³-hybridized carbons (Fsp3) is 0.600. The van der Waals surface area contributed by atoms with Crippen LogP contribution in [0.4, 0.5) is 4.39 Å². The van der Waals surface area contributed by atoms with Crippen LogP contribution in [-0.4, -0.2) is 17.2 Å². The Morgan fingerprint density at radius 3 is 3.00 bits per heavy atom. The van der Waals surface area contributed by atoms with Gasteiger partial charge in [0.15, 0.2) is 0 Å². The van der Waals surface area contributed by atoms with Crippen LogP contribution in [0.15, 0.2) is 24.3 Å². The highest BCUT2D eigenvalue weighted by Crippen LogP contribution is 2.26. The van der Waals surface area contributed by atoms with E-state index < -0.39 is 6.10 Å². The molecule has 0 aromatic heterocycles. The Morgan fingerprint density at radius 1 is 1.44 bits per heavy atom. The summed E-state index contributed by atoms with van der Waals surface area (Å²) in [7, 11) is 0. The van der Waals surface area contributed by atoms with Gasteiger partial charge in [0.05, 0.1) is 6.10 Å². The number of hydrogen-bond donors (Lipinski definition) is 2. The molecule has 1 unspecified atom stereocenters. The molecular formula is C15H22FNO. The first-order valence-corrected chi connectivity index (χ1v) is 6.90. The number of piperidine rings is 1. The van der Waals surface area contributed by atoms with Gasteiger partial charge < -0.3 is 10.4 Å². The van der Waals surface area contributed by atoms with Gasteiger partial charge in [0.1, 0.15) is 5.82 Å². The van der Waals surface area contributed by atoms with Crippen LogP contribution in [0, 0.1) is 5.82 Å². The summed E-state index contributed by atoms with van der Waals surface area (Å²) in [6.07, 6.45) is 4.96. The van der Waals surface area contributed by atoms with Crippen molar-refractivity contribution in [2.75, 3.05) is 0 Å². The third-order valence-corrected chi connectivity index (χ3v) is 3.73. The maximum atomic E-state index is 13.2. The number of hydrogen-bond acceptors (Lipinski definition) is 2. The zero-order chi connectivity index (χ0) is 13.0. The average molecular weight is 251 g/mol. The van der Waals surface area contributed by atoms with Crippen LogP contribution >= 0.6 is 0 Å². The highest BCUT2D eigenvalue weighted by atomic mass is 19.1. The summed E-state index contributed by atoms with van der Waals surface area (Å²) in [5.41, 5.74) is 0.671.